The molecule has 2 aromatic carbocycles. The molecule has 0 spiro atoms. The number of amides is 2. The predicted molar refractivity (Wildman–Crippen MR) is 120 cm³/mol. The number of para-hydroxylation sites is 1. The van der Waals surface area contributed by atoms with E-state index >= 15 is 0 Å². The van der Waals surface area contributed by atoms with Crippen LogP contribution in [0.25, 0.3) is 0 Å². The van der Waals surface area contributed by atoms with E-state index in [0.717, 1.165) is 23.2 Å². The van der Waals surface area contributed by atoms with Crippen LogP contribution in [0.3, 0.4) is 0 Å². The monoisotopic (exact) mass is 440 g/mol. The van der Waals surface area contributed by atoms with Crippen molar-refractivity contribution in [2.75, 3.05) is 23.0 Å². The van der Waals surface area contributed by atoms with Crippen molar-refractivity contribution in [3.63, 3.8) is 0 Å². The van der Waals surface area contributed by atoms with Crippen LogP contribution in [0, 0.1) is 5.92 Å². The maximum Gasteiger partial charge on any atom is 0.228 e. The summed E-state index contributed by atoms with van der Waals surface area (Å²) in [7, 11) is -3.13. The van der Waals surface area contributed by atoms with Gasteiger partial charge in [0.05, 0.1) is 17.4 Å². The topological polar surface area (TPSA) is 74.8 Å². The summed E-state index contributed by atoms with van der Waals surface area (Å²) in [6.45, 7) is 2.74. The molecule has 0 saturated carbocycles. The van der Waals surface area contributed by atoms with Gasteiger partial charge in [0.15, 0.2) is 9.84 Å². The number of rotatable bonds is 6. The van der Waals surface area contributed by atoms with Crippen LogP contribution in [0.4, 0.5) is 5.69 Å². The second-order valence-corrected chi connectivity index (χ2v) is 10.6. The first-order valence-electron chi connectivity index (χ1n) is 10.8. The third-order valence-corrected chi connectivity index (χ3v) is 8.02. The van der Waals surface area contributed by atoms with Gasteiger partial charge in [-0.1, -0.05) is 55.5 Å². The highest BCUT2D eigenvalue weighted by atomic mass is 32.2. The minimum absolute atomic E-state index is 0.00533. The van der Waals surface area contributed by atoms with Crippen LogP contribution in [-0.2, 0) is 32.4 Å². The number of nitrogens with zero attached hydrogens (tertiary/aromatic N) is 2. The molecule has 0 aromatic heterocycles. The summed E-state index contributed by atoms with van der Waals surface area (Å²) in [4.78, 5) is 29.8. The Bertz CT molecular complexity index is 1070. The fourth-order valence-electron chi connectivity index (χ4n) is 4.60. The van der Waals surface area contributed by atoms with E-state index in [0.29, 0.717) is 19.5 Å². The Balaban J connectivity index is 1.57. The molecule has 2 unspecified atom stereocenters. The SMILES string of the molecule is CCc1ccccc1N1CC(C(=O)N(Cc2ccccc2)C2CCS(=O)(=O)C2)CC1=O. The van der Waals surface area contributed by atoms with Crippen molar-refractivity contribution in [2.45, 2.75) is 38.8 Å². The Morgan fingerprint density at radius 2 is 1.81 bits per heavy atom. The van der Waals surface area contributed by atoms with Gasteiger partial charge >= 0.3 is 0 Å². The minimum atomic E-state index is -3.13. The molecule has 6 nitrogen and oxygen atoms in total. The summed E-state index contributed by atoms with van der Waals surface area (Å²) in [5, 5.41) is 0. The maximum atomic E-state index is 13.6. The molecule has 2 aliphatic rings. The molecule has 31 heavy (non-hydrogen) atoms. The van der Waals surface area contributed by atoms with E-state index in [9.17, 15) is 18.0 Å². The largest absolute Gasteiger partial charge is 0.334 e. The van der Waals surface area contributed by atoms with Gasteiger partial charge in [-0.2, -0.15) is 0 Å². The van der Waals surface area contributed by atoms with Crippen LogP contribution in [0.2, 0.25) is 0 Å². The Morgan fingerprint density at radius 3 is 2.48 bits per heavy atom. The summed E-state index contributed by atoms with van der Waals surface area (Å²) in [5.74, 6) is -0.553. The van der Waals surface area contributed by atoms with Crippen LogP contribution >= 0.6 is 0 Å². The van der Waals surface area contributed by atoms with Gasteiger partial charge in [-0.15, -0.1) is 0 Å². The molecule has 2 aromatic rings. The second-order valence-electron chi connectivity index (χ2n) is 8.40. The van der Waals surface area contributed by atoms with E-state index in [-0.39, 0.29) is 35.8 Å². The standard InChI is InChI=1S/C24H28N2O4S/c1-2-19-10-6-7-11-22(19)26-16-20(14-23(26)27)24(28)25(15-18-8-4-3-5-9-18)21-12-13-31(29,30)17-21/h3-11,20-21H,2,12-17H2,1H3. The van der Waals surface area contributed by atoms with Crippen molar-refractivity contribution in [1.82, 2.24) is 4.90 Å². The number of sulfone groups is 1. The van der Waals surface area contributed by atoms with Gasteiger partial charge < -0.3 is 9.80 Å². The molecular weight excluding hydrogens is 412 g/mol. The molecule has 2 aliphatic heterocycles. The third kappa shape index (κ3) is 4.66. The lowest BCUT2D eigenvalue weighted by atomic mass is 10.0. The van der Waals surface area contributed by atoms with Gasteiger partial charge in [-0.05, 0) is 30.0 Å². The third-order valence-electron chi connectivity index (χ3n) is 6.27. The summed E-state index contributed by atoms with van der Waals surface area (Å²) in [5.41, 5.74) is 2.90. The first-order chi connectivity index (χ1) is 14.9. The minimum Gasteiger partial charge on any atom is -0.334 e. The van der Waals surface area contributed by atoms with Crippen LogP contribution < -0.4 is 4.90 Å². The van der Waals surface area contributed by atoms with Crippen molar-refractivity contribution >= 4 is 27.3 Å². The molecule has 0 radical (unpaired) electrons. The molecule has 2 saturated heterocycles. The number of aryl methyl sites for hydroxylation is 1. The zero-order chi connectivity index (χ0) is 22.0. The normalized spacial score (nSPS) is 22.6. The summed E-state index contributed by atoms with van der Waals surface area (Å²) < 4.78 is 24.2. The zero-order valence-corrected chi connectivity index (χ0v) is 18.6. The Morgan fingerprint density at radius 1 is 1.10 bits per heavy atom. The van der Waals surface area contributed by atoms with Gasteiger partial charge in [0.25, 0.3) is 0 Å². The lowest BCUT2D eigenvalue weighted by Gasteiger charge is -2.31. The summed E-state index contributed by atoms with van der Waals surface area (Å²) in [6.07, 6.45) is 1.41. The summed E-state index contributed by atoms with van der Waals surface area (Å²) >= 11 is 0. The average molecular weight is 441 g/mol. The van der Waals surface area contributed by atoms with E-state index in [1.165, 1.54) is 0 Å². The molecule has 2 heterocycles. The van der Waals surface area contributed by atoms with Gasteiger partial charge in [0, 0.05) is 31.2 Å². The molecule has 0 bridgehead atoms. The zero-order valence-electron chi connectivity index (χ0n) is 17.7. The number of carbonyl (C=O) groups is 2. The quantitative estimate of drug-likeness (QED) is 0.692. The van der Waals surface area contributed by atoms with Crippen molar-refractivity contribution < 1.29 is 18.0 Å². The number of hydrogen-bond acceptors (Lipinski definition) is 4. The van der Waals surface area contributed by atoms with Gasteiger partial charge in [-0.25, -0.2) is 8.42 Å². The average Bonchev–Trinajstić information content (AvgIpc) is 3.34. The Kier molecular flexibility index (Phi) is 6.14. The number of carbonyl (C=O) groups excluding carboxylic acids is 2. The number of hydrogen-bond donors (Lipinski definition) is 0. The molecule has 2 fully saturated rings. The summed E-state index contributed by atoms with van der Waals surface area (Å²) in [6, 6.07) is 17.0. The molecule has 0 N–H and O–H groups in total. The lowest BCUT2D eigenvalue weighted by molar-refractivity contribution is -0.138. The second kappa shape index (κ2) is 8.83. The van der Waals surface area contributed by atoms with Crippen LogP contribution in [0.5, 0.6) is 0 Å². The molecule has 0 aliphatic carbocycles. The van der Waals surface area contributed by atoms with E-state index in [1.54, 1.807) is 9.80 Å². The highest BCUT2D eigenvalue weighted by Gasteiger charge is 2.41. The first kappa shape index (κ1) is 21.6. The van der Waals surface area contributed by atoms with Gasteiger partial charge in [-0.3, -0.25) is 9.59 Å². The van der Waals surface area contributed by atoms with Crippen LogP contribution in [-0.4, -0.2) is 49.2 Å². The molecule has 4 rings (SSSR count). The van der Waals surface area contributed by atoms with Crippen molar-refractivity contribution in [3.8, 4) is 0 Å². The van der Waals surface area contributed by atoms with Gasteiger partial charge in [0.2, 0.25) is 11.8 Å². The molecule has 164 valence electrons. The van der Waals surface area contributed by atoms with E-state index < -0.39 is 15.8 Å². The first-order valence-corrected chi connectivity index (χ1v) is 12.6. The van der Waals surface area contributed by atoms with Crippen molar-refractivity contribution in [3.05, 3.63) is 65.7 Å². The number of benzene rings is 2. The Labute approximate surface area is 183 Å². The van der Waals surface area contributed by atoms with E-state index in [1.807, 2.05) is 61.5 Å². The molecule has 7 heteroatoms. The smallest absolute Gasteiger partial charge is 0.228 e. The van der Waals surface area contributed by atoms with Crippen molar-refractivity contribution in [2.24, 2.45) is 5.92 Å². The fourth-order valence-corrected chi connectivity index (χ4v) is 6.33. The highest BCUT2D eigenvalue weighted by Crippen LogP contribution is 2.31. The highest BCUT2D eigenvalue weighted by molar-refractivity contribution is 7.91. The van der Waals surface area contributed by atoms with Crippen molar-refractivity contribution in [1.29, 1.82) is 0 Å². The maximum absolute atomic E-state index is 13.6. The molecular formula is C24H28N2O4S. The van der Waals surface area contributed by atoms with Crippen LogP contribution in [0.1, 0.15) is 30.9 Å². The lowest BCUT2D eigenvalue weighted by Crippen LogP contribution is -2.44. The Hall–Kier alpha value is -2.67. The van der Waals surface area contributed by atoms with E-state index in [2.05, 4.69) is 0 Å². The predicted octanol–water partition coefficient (Wildman–Crippen LogP) is 2.82. The number of anilines is 1. The molecule has 2 atom stereocenters. The molecule has 2 amide bonds. The fraction of sp³-hybridized carbons (Fsp3) is 0.417. The van der Waals surface area contributed by atoms with Gasteiger partial charge in [0.1, 0.15) is 0 Å². The van der Waals surface area contributed by atoms with E-state index in [4.69, 9.17) is 0 Å². The van der Waals surface area contributed by atoms with Crippen LogP contribution in [0.15, 0.2) is 54.6 Å².